The minimum absolute atomic E-state index is 0.118. The molecule has 0 fully saturated rings. The third-order valence-corrected chi connectivity index (χ3v) is 2.78. The van der Waals surface area contributed by atoms with Crippen molar-refractivity contribution in [2.45, 2.75) is 13.8 Å². The van der Waals surface area contributed by atoms with E-state index in [2.05, 4.69) is 10.7 Å². The summed E-state index contributed by atoms with van der Waals surface area (Å²) in [6.07, 6.45) is 0. The van der Waals surface area contributed by atoms with Gasteiger partial charge in [0.1, 0.15) is 12.4 Å². The largest absolute Gasteiger partial charge is 0.324 e. The lowest BCUT2D eigenvalue weighted by Gasteiger charge is -2.12. The Hall–Kier alpha value is -2.30. The van der Waals surface area contributed by atoms with E-state index < -0.39 is 0 Å². The Labute approximate surface area is 111 Å². The average Bonchev–Trinajstić information content (AvgIpc) is 2.67. The lowest BCUT2D eigenvalue weighted by molar-refractivity contribution is -0.114. The predicted molar refractivity (Wildman–Crippen MR) is 73.2 cm³/mol. The molecule has 0 saturated carbocycles. The van der Waals surface area contributed by atoms with Gasteiger partial charge in [-0.25, -0.2) is 4.39 Å². The number of hydrogen-bond acceptors (Lipinski definition) is 2. The molecule has 100 valence electrons. The van der Waals surface area contributed by atoms with Crippen molar-refractivity contribution in [1.82, 2.24) is 4.68 Å². The molecule has 1 amide bonds. The molecule has 0 radical (unpaired) electrons. The van der Waals surface area contributed by atoms with E-state index in [0.29, 0.717) is 5.69 Å². The number of hydrogen-bond donors (Lipinski definition) is 2. The normalized spacial score (nSPS) is 10.3. The first-order valence-electron chi connectivity index (χ1n) is 6.00. The number of halogens is 1. The molecule has 4 nitrogen and oxygen atoms in total. The maximum absolute atomic E-state index is 13.0. The van der Waals surface area contributed by atoms with Crippen molar-refractivity contribution in [3.8, 4) is 0 Å². The zero-order chi connectivity index (χ0) is 13.8. The first kappa shape index (κ1) is 13.1. The van der Waals surface area contributed by atoms with Gasteiger partial charge in [0.2, 0.25) is 5.91 Å². The highest BCUT2D eigenvalue weighted by molar-refractivity contribution is 5.92. The molecule has 0 aliphatic heterocycles. The lowest BCUT2D eigenvalue weighted by Crippen LogP contribution is -2.28. The van der Waals surface area contributed by atoms with E-state index in [0.717, 1.165) is 11.4 Å². The topological polar surface area (TPSA) is 46.1 Å². The second-order valence-electron chi connectivity index (χ2n) is 4.34. The summed E-state index contributed by atoms with van der Waals surface area (Å²) in [5, 5.41) is 2.63. The molecule has 2 aromatic rings. The fourth-order valence-electron chi connectivity index (χ4n) is 1.84. The molecule has 2 rings (SSSR count). The van der Waals surface area contributed by atoms with Gasteiger partial charge in [0, 0.05) is 17.1 Å². The van der Waals surface area contributed by atoms with Gasteiger partial charge in [0.15, 0.2) is 0 Å². The second-order valence-corrected chi connectivity index (χ2v) is 4.34. The van der Waals surface area contributed by atoms with Crippen molar-refractivity contribution in [1.29, 1.82) is 0 Å². The molecule has 0 unspecified atom stereocenters. The number of nitrogens with one attached hydrogen (secondary N) is 2. The zero-order valence-electron chi connectivity index (χ0n) is 10.9. The van der Waals surface area contributed by atoms with Crippen LogP contribution in [0.2, 0.25) is 0 Å². The smallest absolute Gasteiger partial charge is 0.245 e. The fraction of sp³-hybridized carbons (Fsp3) is 0.214. The van der Waals surface area contributed by atoms with Crippen LogP contribution in [0.5, 0.6) is 0 Å². The molecular formula is C14H16FN3O. The highest BCUT2D eigenvalue weighted by atomic mass is 19.1. The van der Waals surface area contributed by atoms with Crippen LogP contribution in [0.25, 0.3) is 0 Å². The number of aromatic nitrogens is 1. The number of carbonyl (C=O) groups is 1. The van der Waals surface area contributed by atoms with Crippen LogP contribution in [0.1, 0.15) is 11.4 Å². The molecule has 0 bridgehead atoms. The van der Waals surface area contributed by atoms with Gasteiger partial charge >= 0.3 is 0 Å². The Morgan fingerprint density at radius 1 is 1.21 bits per heavy atom. The zero-order valence-corrected chi connectivity index (χ0v) is 10.9. The highest BCUT2D eigenvalue weighted by Gasteiger charge is 2.05. The third kappa shape index (κ3) is 3.34. The van der Waals surface area contributed by atoms with Gasteiger partial charge in [-0.15, -0.1) is 0 Å². The van der Waals surface area contributed by atoms with Crippen LogP contribution in [0, 0.1) is 19.7 Å². The number of amides is 1. The van der Waals surface area contributed by atoms with Gasteiger partial charge in [-0.2, -0.15) is 0 Å². The van der Waals surface area contributed by atoms with Crippen LogP contribution in [0.4, 0.5) is 10.1 Å². The highest BCUT2D eigenvalue weighted by Crippen LogP contribution is 2.09. The molecule has 0 spiro atoms. The quantitative estimate of drug-likeness (QED) is 0.888. The maximum Gasteiger partial charge on any atom is 0.245 e. The van der Waals surface area contributed by atoms with E-state index in [1.165, 1.54) is 12.1 Å². The fourth-order valence-corrected chi connectivity index (χ4v) is 1.84. The Morgan fingerprint density at radius 2 is 1.89 bits per heavy atom. The SMILES string of the molecule is Cc1ccc(C)n1NCC(=O)Nc1cccc(F)c1. The van der Waals surface area contributed by atoms with E-state index in [-0.39, 0.29) is 18.3 Å². The minimum Gasteiger partial charge on any atom is -0.324 e. The molecule has 0 saturated heterocycles. The number of aryl methyl sites for hydroxylation is 2. The van der Waals surface area contributed by atoms with E-state index in [1.54, 1.807) is 12.1 Å². The second kappa shape index (κ2) is 5.56. The van der Waals surface area contributed by atoms with Gasteiger partial charge in [0.05, 0.1) is 0 Å². The minimum atomic E-state index is -0.372. The molecule has 1 aromatic heterocycles. The summed E-state index contributed by atoms with van der Waals surface area (Å²) in [7, 11) is 0. The standard InChI is InChI=1S/C14H16FN3O/c1-10-6-7-11(2)18(10)16-9-14(19)17-13-5-3-4-12(15)8-13/h3-8,16H,9H2,1-2H3,(H,17,19). The number of carbonyl (C=O) groups excluding carboxylic acids is 1. The summed E-state index contributed by atoms with van der Waals surface area (Å²) < 4.78 is 14.8. The predicted octanol–water partition coefficient (Wildman–Crippen LogP) is 2.43. The average molecular weight is 261 g/mol. The maximum atomic E-state index is 13.0. The molecule has 5 heteroatoms. The number of nitrogens with zero attached hydrogens (tertiary/aromatic N) is 1. The Balaban J connectivity index is 1.92. The van der Waals surface area contributed by atoms with Crippen LogP contribution in [-0.2, 0) is 4.79 Å². The van der Waals surface area contributed by atoms with Crippen molar-refractivity contribution >= 4 is 11.6 Å². The van der Waals surface area contributed by atoms with Crippen molar-refractivity contribution < 1.29 is 9.18 Å². The number of benzene rings is 1. The van der Waals surface area contributed by atoms with Crippen molar-refractivity contribution in [2.75, 3.05) is 17.3 Å². The first-order chi connectivity index (χ1) is 9.06. The Kier molecular flexibility index (Phi) is 3.85. The van der Waals surface area contributed by atoms with E-state index in [1.807, 2.05) is 30.7 Å². The molecule has 0 aliphatic carbocycles. The van der Waals surface area contributed by atoms with E-state index >= 15 is 0 Å². The van der Waals surface area contributed by atoms with Crippen molar-refractivity contribution in [3.05, 3.63) is 53.6 Å². The first-order valence-corrected chi connectivity index (χ1v) is 6.00. The van der Waals surface area contributed by atoms with Crippen molar-refractivity contribution in [2.24, 2.45) is 0 Å². The van der Waals surface area contributed by atoms with Gasteiger partial charge in [-0.3, -0.25) is 9.47 Å². The monoisotopic (exact) mass is 261 g/mol. The van der Waals surface area contributed by atoms with E-state index in [9.17, 15) is 9.18 Å². The molecule has 0 atom stereocenters. The van der Waals surface area contributed by atoms with Gasteiger partial charge < -0.3 is 10.7 Å². The summed E-state index contributed by atoms with van der Waals surface area (Å²) in [4.78, 5) is 11.7. The van der Waals surface area contributed by atoms with Crippen molar-refractivity contribution in [3.63, 3.8) is 0 Å². The molecule has 19 heavy (non-hydrogen) atoms. The number of rotatable bonds is 4. The summed E-state index contributed by atoms with van der Waals surface area (Å²) in [6, 6.07) is 9.75. The van der Waals surface area contributed by atoms with Crippen LogP contribution in [0.15, 0.2) is 36.4 Å². The van der Waals surface area contributed by atoms with Gasteiger partial charge in [-0.1, -0.05) is 6.07 Å². The van der Waals surface area contributed by atoms with Gasteiger partial charge in [-0.05, 0) is 44.2 Å². The number of anilines is 1. The molecule has 1 aromatic carbocycles. The van der Waals surface area contributed by atoms with E-state index in [4.69, 9.17) is 0 Å². The molecule has 1 heterocycles. The van der Waals surface area contributed by atoms with Gasteiger partial charge in [0.25, 0.3) is 0 Å². The van der Waals surface area contributed by atoms with Crippen LogP contribution >= 0.6 is 0 Å². The Bertz CT molecular complexity index is 573. The summed E-state index contributed by atoms with van der Waals surface area (Å²) in [5.74, 6) is -0.596. The summed E-state index contributed by atoms with van der Waals surface area (Å²) >= 11 is 0. The molecule has 0 aliphatic rings. The molecular weight excluding hydrogens is 245 g/mol. The van der Waals surface area contributed by atoms with Crippen LogP contribution in [0.3, 0.4) is 0 Å². The third-order valence-electron chi connectivity index (χ3n) is 2.78. The van der Waals surface area contributed by atoms with Crippen LogP contribution < -0.4 is 10.7 Å². The Morgan fingerprint density at radius 3 is 2.53 bits per heavy atom. The molecule has 2 N–H and O–H groups in total. The van der Waals surface area contributed by atoms with Crippen LogP contribution in [-0.4, -0.2) is 17.1 Å². The summed E-state index contributed by atoms with van der Waals surface area (Å²) in [5.41, 5.74) is 5.51. The summed E-state index contributed by atoms with van der Waals surface area (Å²) in [6.45, 7) is 4.02. The lowest BCUT2D eigenvalue weighted by atomic mass is 10.3.